The summed E-state index contributed by atoms with van der Waals surface area (Å²) in [5.74, 6) is 1.69. The second-order valence-corrected chi connectivity index (χ2v) is 5.74. The van der Waals surface area contributed by atoms with E-state index in [1.807, 2.05) is 12.1 Å². The van der Waals surface area contributed by atoms with Crippen molar-refractivity contribution in [2.24, 2.45) is 17.6 Å². The Hall–Kier alpha value is -1.22. The Morgan fingerprint density at radius 1 is 1.28 bits per heavy atom. The molecular weight excluding hydrogens is 224 g/mol. The van der Waals surface area contributed by atoms with Crippen LogP contribution in [0.25, 0.3) is 0 Å². The minimum atomic E-state index is 0.315. The molecule has 100 valence electrons. The Balaban J connectivity index is 1.97. The Labute approximate surface area is 110 Å². The zero-order chi connectivity index (χ0) is 13.1. The van der Waals surface area contributed by atoms with E-state index < -0.39 is 0 Å². The van der Waals surface area contributed by atoms with Gasteiger partial charge < -0.3 is 15.7 Å². The predicted molar refractivity (Wildman–Crippen MR) is 75.9 cm³/mol. The van der Waals surface area contributed by atoms with Crippen molar-refractivity contribution < 1.29 is 5.11 Å². The van der Waals surface area contributed by atoms with Gasteiger partial charge in [0.25, 0.3) is 0 Å². The zero-order valence-corrected chi connectivity index (χ0v) is 11.3. The fraction of sp³-hybridized carbons (Fsp3) is 0.600. The van der Waals surface area contributed by atoms with E-state index in [2.05, 4.69) is 18.9 Å². The van der Waals surface area contributed by atoms with Gasteiger partial charge in [-0.25, -0.2) is 0 Å². The van der Waals surface area contributed by atoms with Crippen molar-refractivity contribution in [1.29, 1.82) is 0 Å². The Morgan fingerprint density at radius 2 is 1.94 bits per heavy atom. The van der Waals surface area contributed by atoms with Gasteiger partial charge in [-0.3, -0.25) is 0 Å². The van der Waals surface area contributed by atoms with Gasteiger partial charge in [-0.15, -0.1) is 0 Å². The van der Waals surface area contributed by atoms with Crippen LogP contribution in [0.2, 0.25) is 0 Å². The molecule has 1 saturated carbocycles. The molecule has 3 nitrogen and oxygen atoms in total. The van der Waals surface area contributed by atoms with Gasteiger partial charge in [-0.2, -0.15) is 0 Å². The summed E-state index contributed by atoms with van der Waals surface area (Å²) in [7, 11) is 2.10. The van der Waals surface area contributed by atoms with E-state index in [0.29, 0.717) is 17.7 Å². The maximum Gasteiger partial charge on any atom is 0.115 e. The summed E-state index contributed by atoms with van der Waals surface area (Å²) in [4.78, 5) is 2.24. The quantitative estimate of drug-likeness (QED) is 0.864. The normalized spacial score (nSPS) is 28.1. The van der Waals surface area contributed by atoms with Crippen LogP contribution in [0.15, 0.2) is 24.3 Å². The van der Waals surface area contributed by atoms with Gasteiger partial charge in [0.05, 0.1) is 0 Å². The summed E-state index contributed by atoms with van der Waals surface area (Å²) >= 11 is 0. The van der Waals surface area contributed by atoms with E-state index in [1.54, 1.807) is 12.1 Å². The number of aromatic hydroxyl groups is 1. The van der Waals surface area contributed by atoms with Crippen molar-refractivity contribution in [2.75, 3.05) is 18.5 Å². The number of hydrogen-bond donors (Lipinski definition) is 2. The first kappa shape index (κ1) is 13.2. The van der Waals surface area contributed by atoms with Crippen LogP contribution in [0.4, 0.5) is 5.69 Å². The van der Waals surface area contributed by atoms with Crippen LogP contribution in [0.1, 0.15) is 26.2 Å². The maximum absolute atomic E-state index is 9.30. The first-order valence-electron chi connectivity index (χ1n) is 6.82. The monoisotopic (exact) mass is 248 g/mol. The molecule has 3 N–H and O–H groups in total. The average molecular weight is 248 g/mol. The van der Waals surface area contributed by atoms with Gasteiger partial charge in [0.15, 0.2) is 0 Å². The number of nitrogens with two attached hydrogens (primary N) is 1. The lowest BCUT2D eigenvalue weighted by Crippen LogP contribution is -2.41. The minimum absolute atomic E-state index is 0.315. The molecule has 2 rings (SSSR count). The summed E-state index contributed by atoms with van der Waals surface area (Å²) in [5.41, 5.74) is 7.36. The molecule has 18 heavy (non-hydrogen) atoms. The maximum atomic E-state index is 9.30. The van der Waals surface area contributed by atoms with Crippen molar-refractivity contribution in [3.63, 3.8) is 0 Å². The van der Waals surface area contributed by atoms with E-state index in [1.165, 1.54) is 12.8 Å². The van der Waals surface area contributed by atoms with E-state index in [-0.39, 0.29) is 0 Å². The van der Waals surface area contributed by atoms with Crippen LogP contribution in [-0.2, 0) is 0 Å². The molecule has 0 bridgehead atoms. The van der Waals surface area contributed by atoms with Gasteiger partial charge in [0.2, 0.25) is 0 Å². The smallest absolute Gasteiger partial charge is 0.115 e. The molecule has 3 unspecified atom stereocenters. The lowest BCUT2D eigenvalue weighted by atomic mass is 9.79. The van der Waals surface area contributed by atoms with Crippen LogP contribution < -0.4 is 10.6 Å². The number of phenolic OH excluding ortho intramolecular Hbond substituents is 1. The molecule has 1 aliphatic rings. The molecule has 3 atom stereocenters. The standard InChI is InChI=1S/C15H24N2O/c1-11-3-8-15(16)12(9-11)10-17(2)13-4-6-14(18)7-5-13/h4-7,11-12,15,18H,3,8-10,16H2,1-2H3. The highest BCUT2D eigenvalue weighted by molar-refractivity contribution is 5.48. The molecule has 0 spiro atoms. The molecule has 3 heteroatoms. The zero-order valence-electron chi connectivity index (χ0n) is 11.3. The number of rotatable bonds is 3. The molecule has 1 aliphatic carbocycles. The summed E-state index contributed by atoms with van der Waals surface area (Å²) in [6, 6.07) is 7.70. The van der Waals surface area contributed by atoms with Gasteiger partial charge in [0, 0.05) is 25.3 Å². The van der Waals surface area contributed by atoms with Crippen LogP contribution in [0, 0.1) is 11.8 Å². The first-order valence-corrected chi connectivity index (χ1v) is 6.82. The number of benzene rings is 1. The Kier molecular flexibility index (Phi) is 4.12. The first-order chi connectivity index (χ1) is 8.56. The van der Waals surface area contributed by atoms with Gasteiger partial charge >= 0.3 is 0 Å². The predicted octanol–water partition coefficient (Wildman–Crippen LogP) is 2.59. The second-order valence-electron chi connectivity index (χ2n) is 5.74. The van der Waals surface area contributed by atoms with Crippen LogP contribution in [-0.4, -0.2) is 24.7 Å². The van der Waals surface area contributed by atoms with Crippen LogP contribution >= 0.6 is 0 Å². The fourth-order valence-electron chi connectivity index (χ4n) is 2.90. The molecule has 0 heterocycles. The second kappa shape index (κ2) is 5.61. The molecule has 0 saturated heterocycles. The summed E-state index contributed by atoms with van der Waals surface area (Å²) in [6.45, 7) is 3.32. The van der Waals surface area contributed by atoms with Gasteiger partial charge in [-0.1, -0.05) is 6.92 Å². The fourth-order valence-corrected chi connectivity index (χ4v) is 2.90. The van der Waals surface area contributed by atoms with Crippen LogP contribution in [0.3, 0.4) is 0 Å². The van der Waals surface area contributed by atoms with Crippen molar-refractivity contribution >= 4 is 5.69 Å². The third-order valence-electron chi connectivity index (χ3n) is 4.10. The van der Waals surface area contributed by atoms with Gasteiger partial charge in [-0.05, 0) is 55.4 Å². The highest BCUT2D eigenvalue weighted by Gasteiger charge is 2.26. The highest BCUT2D eigenvalue weighted by Crippen LogP contribution is 2.29. The Morgan fingerprint density at radius 3 is 2.61 bits per heavy atom. The molecule has 1 aromatic carbocycles. The van der Waals surface area contributed by atoms with Crippen molar-refractivity contribution in [3.05, 3.63) is 24.3 Å². The molecule has 1 aromatic rings. The summed E-state index contributed by atoms with van der Waals surface area (Å²) in [6.07, 6.45) is 3.64. The molecule has 1 fully saturated rings. The highest BCUT2D eigenvalue weighted by atomic mass is 16.3. The molecular formula is C15H24N2O. The number of anilines is 1. The summed E-state index contributed by atoms with van der Waals surface area (Å²) < 4.78 is 0. The largest absolute Gasteiger partial charge is 0.508 e. The molecule has 0 radical (unpaired) electrons. The van der Waals surface area contributed by atoms with E-state index in [4.69, 9.17) is 5.73 Å². The minimum Gasteiger partial charge on any atom is -0.508 e. The third kappa shape index (κ3) is 3.16. The molecule has 0 aromatic heterocycles. The van der Waals surface area contributed by atoms with E-state index >= 15 is 0 Å². The Bertz CT molecular complexity index is 377. The number of phenols is 1. The average Bonchev–Trinajstić information content (AvgIpc) is 2.34. The number of hydrogen-bond acceptors (Lipinski definition) is 3. The topological polar surface area (TPSA) is 49.5 Å². The molecule has 0 amide bonds. The lowest BCUT2D eigenvalue weighted by molar-refractivity contribution is 0.250. The van der Waals surface area contributed by atoms with Crippen molar-refractivity contribution in [1.82, 2.24) is 0 Å². The third-order valence-corrected chi connectivity index (χ3v) is 4.10. The van der Waals surface area contributed by atoms with Crippen molar-refractivity contribution in [2.45, 2.75) is 32.2 Å². The summed E-state index contributed by atoms with van der Waals surface area (Å²) in [5, 5.41) is 9.30. The van der Waals surface area contributed by atoms with E-state index in [9.17, 15) is 5.11 Å². The van der Waals surface area contributed by atoms with Gasteiger partial charge in [0.1, 0.15) is 5.75 Å². The van der Waals surface area contributed by atoms with Crippen LogP contribution in [0.5, 0.6) is 5.75 Å². The SMILES string of the molecule is CC1CCC(N)C(CN(C)c2ccc(O)cc2)C1. The lowest BCUT2D eigenvalue weighted by Gasteiger charge is -2.35. The van der Waals surface area contributed by atoms with Crippen molar-refractivity contribution in [3.8, 4) is 5.75 Å². The molecule has 0 aliphatic heterocycles. The van der Waals surface area contributed by atoms with E-state index in [0.717, 1.165) is 24.6 Å². The number of nitrogens with zero attached hydrogens (tertiary/aromatic N) is 1.